The fraction of sp³-hybridized carbons (Fsp3) is 0.235. The van der Waals surface area contributed by atoms with E-state index in [1.807, 2.05) is 43.5 Å². The van der Waals surface area contributed by atoms with E-state index in [2.05, 4.69) is 21.6 Å². The van der Waals surface area contributed by atoms with E-state index in [4.69, 9.17) is 4.74 Å². The van der Waals surface area contributed by atoms with Gasteiger partial charge in [0.15, 0.2) is 0 Å². The van der Waals surface area contributed by atoms with Crippen LogP contribution in [0.5, 0.6) is 5.75 Å². The zero-order valence-electron chi connectivity index (χ0n) is 24.9. The van der Waals surface area contributed by atoms with Crippen LogP contribution in [0.1, 0.15) is 65.2 Å². The fourth-order valence-electron chi connectivity index (χ4n) is 5.05. The van der Waals surface area contributed by atoms with Crippen LogP contribution in [-0.4, -0.2) is 38.9 Å². The summed E-state index contributed by atoms with van der Waals surface area (Å²) in [5.74, 6) is -0.583. The number of hydrogen-bond donors (Lipinski definition) is 3. The lowest BCUT2D eigenvalue weighted by atomic mass is 9.86. The number of fused-ring (bicyclic) bond motifs is 1. The first kappa shape index (κ1) is 31.3. The molecule has 43 heavy (non-hydrogen) atoms. The van der Waals surface area contributed by atoms with Gasteiger partial charge in [0.25, 0.3) is 15.9 Å². The Labute approximate surface area is 252 Å². The number of sulfonamides is 1. The molecule has 0 saturated heterocycles. The maximum Gasteiger partial charge on any atom is 0.265 e. The Balaban J connectivity index is 1.68. The number of aromatic nitrogens is 1. The largest absolute Gasteiger partial charge is 0.496 e. The van der Waals surface area contributed by atoms with Crippen molar-refractivity contribution in [2.45, 2.75) is 44.4 Å². The van der Waals surface area contributed by atoms with Crippen LogP contribution in [0.4, 0.5) is 0 Å². The first-order chi connectivity index (χ1) is 20.6. The molecule has 9 heteroatoms. The average Bonchev–Trinajstić information content (AvgIpc) is 3.41. The van der Waals surface area contributed by atoms with Gasteiger partial charge in [-0.2, -0.15) is 0 Å². The van der Waals surface area contributed by atoms with E-state index in [-0.39, 0.29) is 22.3 Å². The maximum atomic E-state index is 13.1. The molecular formula is C34H37N3O5S. The number of hydrogen-bond acceptors (Lipinski definition) is 5. The Morgan fingerprint density at radius 2 is 1.84 bits per heavy atom. The van der Waals surface area contributed by atoms with Gasteiger partial charge < -0.3 is 15.0 Å². The molecular weight excluding hydrogens is 562 g/mol. The average molecular weight is 600 g/mol. The van der Waals surface area contributed by atoms with Crippen LogP contribution in [-0.2, 0) is 14.8 Å². The maximum absolute atomic E-state index is 13.1. The summed E-state index contributed by atoms with van der Waals surface area (Å²) in [6, 6.07) is 17.4. The third kappa shape index (κ3) is 7.06. The first-order valence-electron chi connectivity index (χ1n) is 14.1. The Morgan fingerprint density at radius 3 is 2.53 bits per heavy atom. The highest BCUT2D eigenvalue weighted by atomic mass is 32.2. The Morgan fingerprint density at radius 1 is 1.07 bits per heavy atom. The number of allylic oxidation sites excluding steroid dienone is 1. The minimum Gasteiger partial charge on any atom is -0.496 e. The van der Waals surface area contributed by atoms with Gasteiger partial charge in [-0.25, -0.2) is 13.1 Å². The van der Waals surface area contributed by atoms with Crippen molar-refractivity contribution in [1.82, 2.24) is 15.0 Å². The highest BCUT2D eigenvalue weighted by Gasteiger charge is 2.24. The molecule has 8 nitrogen and oxygen atoms in total. The van der Waals surface area contributed by atoms with Gasteiger partial charge in [0, 0.05) is 46.3 Å². The first-order valence-corrected chi connectivity index (χ1v) is 15.6. The molecule has 0 saturated carbocycles. The van der Waals surface area contributed by atoms with Gasteiger partial charge in [-0.05, 0) is 79.8 Å². The van der Waals surface area contributed by atoms with E-state index >= 15 is 0 Å². The normalized spacial score (nSPS) is 12.5. The number of carbonyl (C=O) groups excluding carboxylic acids is 2. The number of H-pyrrole nitrogens is 1. The van der Waals surface area contributed by atoms with E-state index in [9.17, 15) is 18.0 Å². The van der Waals surface area contributed by atoms with E-state index in [1.54, 1.807) is 50.2 Å². The molecule has 3 N–H and O–H groups in total. The monoisotopic (exact) mass is 599 g/mol. The molecule has 1 heterocycles. The van der Waals surface area contributed by atoms with Crippen molar-refractivity contribution in [2.75, 3.05) is 13.7 Å². The summed E-state index contributed by atoms with van der Waals surface area (Å²) in [5.41, 5.74) is 4.95. The summed E-state index contributed by atoms with van der Waals surface area (Å²) >= 11 is 0. The molecule has 1 aromatic heterocycles. The van der Waals surface area contributed by atoms with Crippen LogP contribution in [0, 0.1) is 6.92 Å². The predicted octanol–water partition coefficient (Wildman–Crippen LogP) is 6.24. The van der Waals surface area contributed by atoms with Gasteiger partial charge >= 0.3 is 0 Å². The minimum absolute atomic E-state index is 0.0447. The SMILES string of the molecule is C=CCC(c1ccc(C(=O)NS(=O)(=O)c2ccccc2C)cc1OC)c1c[nH]c2ccc(C=C(C)C(=O)NCCC)cc12. The second-order valence-electron chi connectivity index (χ2n) is 10.4. The number of amides is 2. The van der Waals surface area contributed by atoms with Gasteiger partial charge in [0.1, 0.15) is 5.75 Å². The zero-order valence-corrected chi connectivity index (χ0v) is 25.7. The molecule has 0 radical (unpaired) electrons. The standard InChI is InChI=1S/C34H37N3O5S/c1-6-10-26(29-21-36-30-16-13-24(19-28(29)30)18-23(4)33(38)35-17-7-2)27-15-14-25(20-31(27)42-5)34(39)37-43(40,41)32-12-9-8-11-22(32)3/h6,8-9,11-16,18-21,26,36H,1,7,10,17H2,2-5H3,(H,35,38)(H,37,39). The van der Waals surface area contributed by atoms with Crippen LogP contribution in [0.2, 0.25) is 0 Å². The summed E-state index contributed by atoms with van der Waals surface area (Å²) in [7, 11) is -2.55. The molecule has 0 aliphatic rings. The summed E-state index contributed by atoms with van der Waals surface area (Å²) < 4.78 is 33.7. The van der Waals surface area contributed by atoms with Gasteiger partial charge in [-0.1, -0.05) is 43.3 Å². The fourth-order valence-corrected chi connectivity index (χ4v) is 6.28. The number of benzene rings is 3. The number of methoxy groups -OCH3 is 1. The Kier molecular flexibility index (Phi) is 9.88. The van der Waals surface area contributed by atoms with Gasteiger partial charge in [0.2, 0.25) is 5.91 Å². The lowest BCUT2D eigenvalue weighted by molar-refractivity contribution is -0.117. The molecule has 2 amide bonds. The molecule has 1 unspecified atom stereocenters. The molecule has 0 bridgehead atoms. The van der Waals surface area contributed by atoms with Gasteiger partial charge in [-0.3, -0.25) is 9.59 Å². The molecule has 0 aliphatic carbocycles. The molecule has 0 fully saturated rings. The van der Waals surface area contributed by atoms with Crippen LogP contribution in [0.25, 0.3) is 17.0 Å². The van der Waals surface area contributed by atoms with Crippen LogP contribution < -0.4 is 14.8 Å². The van der Waals surface area contributed by atoms with Crippen molar-refractivity contribution in [1.29, 1.82) is 0 Å². The number of ether oxygens (including phenoxy) is 1. The van der Waals surface area contributed by atoms with Crippen LogP contribution in [0.15, 0.2) is 90.0 Å². The van der Waals surface area contributed by atoms with E-state index in [0.29, 0.717) is 29.9 Å². The molecule has 3 aromatic carbocycles. The van der Waals surface area contributed by atoms with Gasteiger partial charge in [-0.15, -0.1) is 6.58 Å². The second kappa shape index (κ2) is 13.6. The van der Waals surface area contributed by atoms with Crippen LogP contribution in [0.3, 0.4) is 0 Å². The zero-order chi connectivity index (χ0) is 31.1. The molecule has 4 aromatic rings. The Bertz CT molecular complexity index is 1800. The number of aromatic amines is 1. The molecule has 0 aliphatic heterocycles. The predicted molar refractivity (Wildman–Crippen MR) is 171 cm³/mol. The summed E-state index contributed by atoms with van der Waals surface area (Å²) in [6.07, 6.45) is 7.08. The third-order valence-corrected chi connectivity index (χ3v) is 8.76. The lowest BCUT2D eigenvalue weighted by Crippen LogP contribution is -2.31. The summed E-state index contributed by atoms with van der Waals surface area (Å²) in [6.45, 7) is 10.1. The topological polar surface area (TPSA) is 117 Å². The number of carbonyl (C=O) groups is 2. The summed E-state index contributed by atoms with van der Waals surface area (Å²) in [5, 5.41) is 3.88. The van der Waals surface area contributed by atoms with Crippen molar-refractivity contribution >= 4 is 38.8 Å². The second-order valence-corrected chi connectivity index (χ2v) is 12.0. The minimum atomic E-state index is -4.06. The molecule has 224 valence electrons. The molecule has 1 atom stereocenters. The molecule has 4 rings (SSSR count). The quantitative estimate of drug-likeness (QED) is 0.132. The van der Waals surface area contributed by atoms with Crippen LogP contribution >= 0.6 is 0 Å². The number of rotatable bonds is 12. The van der Waals surface area contributed by atoms with Crippen molar-refractivity contribution in [3.05, 3.63) is 113 Å². The highest BCUT2D eigenvalue weighted by Crippen LogP contribution is 2.39. The van der Waals surface area contributed by atoms with E-state index in [1.165, 1.54) is 13.2 Å². The third-order valence-electron chi connectivity index (χ3n) is 7.27. The smallest absolute Gasteiger partial charge is 0.265 e. The van der Waals surface area contributed by atoms with Crippen molar-refractivity contribution in [3.8, 4) is 5.75 Å². The number of aryl methyl sites for hydroxylation is 1. The van der Waals surface area contributed by atoms with E-state index in [0.717, 1.165) is 34.0 Å². The van der Waals surface area contributed by atoms with Gasteiger partial charge in [0.05, 0.1) is 12.0 Å². The highest BCUT2D eigenvalue weighted by molar-refractivity contribution is 7.90. The van der Waals surface area contributed by atoms with Crippen molar-refractivity contribution in [2.24, 2.45) is 0 Å². The number of nitrogens with one attached hydrogen (secondary N) is 3. The Hall–Kier alpha value is -4.63. The van der Waals surface area contributed by atoms with Crippen molar-refractivity contribution in [3.63, 3.8) is 0 Å². The van der Waals surface area contributed by atoms with Crippen molar-refractivity contribution < 1.29 is 22.7 Å². The lowest BCUT2D eigenvalue weighted by Gasteiger charge is -2.19. The summed E-state index contributed by atoms with van der Waals surface area (Å²) in [4.78, 5) is 28.8. The molecule has 0 spiro atoms. The van der Waals surface area contributed by atoms with E-state index < -0.39 is 15.9 Å².